The third-order valence-electron chi connectivity index (χ3n) is 3.89. The summed E-state index contributed by atoms with van der Waals surface area (Å²) in [6.45, 7) is 1.67. The Morgan fingerprint density at radius 3 is 2.30 bits per heavy atom. The normalized spacial score (nSPS) is 11.8. The van der Waals surface area contributed by atoms with E-state index in [1.54, 1.807) is 19.1 Å². The van der Waals surface area contributed by atoms with Gasteiger partial charge in [0.1, 0.15) is 6.07 Å². The molecule has 0 heterocycles. The SMILES string of the molecule is COC(=O)c1c(C(F)(F)C(F)(F)F)cc(-c2cccc(C)c2)c(C#N)c1N. The molecule has 0 spiro atoms. The van der Waals surface area contributed by atoms with Gasteiger partial charge in [-0.1, -0.05) is 29.8 Å². The number of nitrogen functional groups attached to an aromatic ring is 1. The van der Waals surface area contributed by atoms with E-state index in [-0.39, 0.29) is 11.1 Å². The number of rotatable bonds is 3. The molecule has 2 N–H and O–H groups in total. The molecule has 2 aromatic rings. The van der Waals surface area contributed by atoms with Crippen molar-refractivity contribution in [2.75, 3.05) is 12.8 Å². The summed E-state index contributed by atoms with van der Waals surface area (Å²) in [6, 6.07) is 8.25. The number of hydrogen-bond acceptors (Lipinski definition) is 4. The van der Waals surface area contributed by atoms with Gasteiger partial charge >= 0.3 is 18.1 Å². The van der Waals surface area contributed by atoms with Crippen LogP contribution in [0.4, 0.5) is 27.6 Å². The van der Waals surface area contributed by atoms with Crippen molar-refractivity contribution in [3.8, 4) is 17.2 Å². The Morgan fingerprint density at radius 1 is 1.19 bits per heavy atom. The van der Waals surface area contributed by atoms with Crippen LogP contribution < -0.4 is 5.73 Å². The monoisotopic (exact) mass is 384 g/mol. The van der Waals surface area contributed by atoms with E-state index in [0.29, 0.717) is 11.6 Å². The average Bonchev–Trinajstić information content (AvgIpc) is 2.59. The number of esters is 1. The molecule has 0 radical (unpaired) electrons. The van der Waals surface area contributed by atoms with E-state index in [1.165, 1.54) is 18.2 Å². The van der Waals surface area contributed by atoms with Crippen LogP contribution in [0.5, 0.6) is 0 Å². The number of nitrogens with zero attached hydrogens (tertiary/aromatic N) is 1. The van der Waals surface area contributed by atoms with Crippen LogP contribution in [-0.4, -0.2) is 19.3 Å². The third kappa shape index (κ3) is 3.43. The number of halogens is 5. The fourth-order valence-electron chi connectivity index (χ4n) is 2.59. The average molecular weight is 384 g/mol. The van der Waals surface area contributed by atoms with Crippen molar-refractivity contribution in [1.29, 1.82) is 5.26 Å². The maximum Gasteiger partial charge on any atom is 0.458 e. The summed E-state index contributed by atoms with van der Waals surface area (Å²) in [5.74, 6) is -6.89. The van der Waals surface area contributed by atoms with Crippen molar-refractivity contribution in [3.05, 3.63) is 52.6 Å². The number of carbonyl (C=O) groups excluding carboxylic acids is 1. The van der Waals surface area contributed by atoms with E-state index in [4.69, 9.17) is 5.73 Å². The van der Waals surface area contributed by atoms with E-state index in [0.717, 1.165) is 7.11 Å². The highest BCUT2D eigenvalue weighted by Gasteiger charge is 2.60. The van der Waals surface area contributed by atoms with Crippen LogP contribution in [0.2, 0.25) is 0 Å². The summed E-state index contributed by atoms with van der Waals surface area (Å²) >= 11 is 0. The van der Waals surface area contributed by atoms with Gasteiger partial charge in [0.15, 0.2) is 0 Å². The summed E-state index contributed by atoms with van der Waals surface area (Å²) in [6.07, 6.45) is -5.99. The molecular formula is C18H13F5N2O2. The molecule has 0 aliphatic carbocycles. The molecular weight excluding hydrogens is 371 g/mol. The van der Waals surface area contributed by atoms with E-state index in [1.807, 2.05) is 0 Å². The molecule has 0 aromatic heterocycles. The first-order valence-electron chi connectivity index (χ1n) is 7.42. The van der Waals surface area contributed by atoms with Gasteiger partial charge in [-0.3, -0.25) is 0 Å². The smallest absolute Gasteiger partial charge is 0.458 e. The number of carbonyl (C=O) groups is 1. The fraction of sp³-hybridized carbons (Fsp3) is 0.222. The second-order valence-corrected chi connectivity index (χ2v) is 5.68. The quantitative estimate of drug-likeness (QED) is 0.478. The van der Waals surface area contributed by atoms with Crippen molar-refractivity contribution in [3.63, 3.8) is 0 Å². The predicted molar refractivity (Wildman–Crippen MR) is 87.0 cm³/mol. The van der Waals surface area contributed by atoms with Crippen molar-refractivity contribution >= 4 is 11.7 Å². The lowest BCUT2D eigenvalue weighted by Gasteiger charge is -2.24. The van der Waals surface area contributed by atoms with Crippen LogP contribution in [0.25, 0.3) is 11.1 Å². The van der Waals surface area contributed by atoms with Crippen LogP contribution in [-0.2, 0) is 10.7 Å². The molecule has 0 aliphatic heterocycles. The Labute approximate surface area is 151 Å². The Hall–Kier alpha value is -3.15. The minimum atomic E-state index is -5.99. The number of methoxy groups -OCH3 is 1. The number of ether oxygens (including phenoxy) is 1. The molecule has 0 saturated carbocycles. The third-order valence-corrected chi connectivity index (χ3v) is 3.89. The number of benzene rings is 2. The zero-order chi connectivity index (χ0) is 20.6. The molecule has 0 amide bonds. The first-order valence-corrected chi connectivity index (χ1v) is 7.42. The molecule has 4 nitrogen and oxygen atoms in total. The zero-order valence-electron chi connectivity index (χ0n) is 14.1. The topological polar surface area (TPSA) is 76.1 Å². The van der Waals surface area contributed by atoms with Crippen LogP contribution in [0, 0.1) is 18.3 Å². The molecule has 0 aliphatic rings. The summed E-state index contributed by atoms with van der Waals surface area (Å²) in [4.78, 5) is 11.9. The molecule has 0 unspecified atom stereocenters. The molecule has 9 heteroatoms. The van der Waals surface area contributed by atoms with Gasteiger partial charge in [-0.25, -0.2) is 4.79 Å². The fourth-order valence-corrected chi connectivity index (χ4v) is 2.59. The Morgan fingerprint density at radius 2 is 1.81 bits per heavy atom. The van der Waals surface area contributed by atoms with E-state index < -0.39 is 40.4 Å². The highest BCUT2D eigenvalue weighted by molar-refractivity contribution is 6.00. The van der Waals surface area contributed by atoms with Gasteiger partial charge in [-0.05, 0) is 18.6 Å². The minimum Gasteiger partial charge on any atom is -0.465 e. The van der Waals surface area contributed by atoms with Crippen molar-refractivity contribution in [2.45, 2.75) is 19.0 Å². The van der Waals surface area contributed by atoms with Crippen molar-refractivity contribution < 1.29 is 31.5 Å². The van der Waals surface area contributed by atoms with E-state index >= 15 is 0 Å². The molecule has 0 saturated heterocycles. The number of anilines is 1. The lowest BCUT2D eigenvalue weighted by atomic mass is 9.89. The van der Waals surface area contributed by atoms with Gasteiger partial charge in [0.05, 0.1) is 23.9 Å². The Kier molecular flexibility index (Phi) is 5.13. The molecule has 2 aromatic carbocycles. The van der Waals surface area contributed by atoms with Gasteiger partial charge in [0, 0.05) is 11.1 Å². The number of aryl methyl sites for hydroxylation is 1. The zero-order valence-corrected chi connectivity index (χ0v) is 14.1. The van der Waals surface area contributed by atoms with Gasteiger partial charge in [0.2, 0.25) is 0 Å². The Balaban J connectivity index is 2.98. The second-order valence-electron chi connectivity index (χ2n) is 5.68. The van der Waals surface area contributed by atoms with Gasteiger partial charge < -0.3 is 10.5 Å². The van der Waals surface area contributed by atoms with Crippen molar-refractivity contribution in [1.82, 2.24) is 0 Å². The van der Waals surface area contributed by atoms with E-state index in [2.05, 4.69) is 4.74 Å². The molecule has 27 heavy (non-hydrogen) atoms. The minimum absolute atomic E-state index is 0.203. The summed E-state index contributed by atoms with van der Waals surface area (Å²) in [7, 11) is 0.803. The molecule has 2 rings (SSSR count). The number of hydrogen-bond donors (Lipinski definition) is 1. The van der Waals surface area contributed by atoms with Crippen LogP contribution >= 0.6 is 0 Å². The lowest BCUT2D eigenvalue weighted by molar-refractivity contribution is -0.289. The Bertz CT molecular complexity index is 946. The van der Waals surface area contributed by atoms with Gasteiger partial charge in [-0.15, -0.1) is 0 Å². The largest absolute Gasteiger partial charge is 0.465 e. The summed E-state index contributed by atoms with van der Waals surface area (Å²) < 4.78 is 71.5. The second kappa shape index (κ2) is 6.87. The maximum absolute atomic E-state index is 14.1. The highest BCUT2D eigenvalue weighted by Crippen LogP contribution is 2.48. The number of alkyl halides is 5. The van der Waals surface area contributed by atoms with Crippen LogP contribution in [0.15, 0.2) is 30.3 Å². The highest BCUT2D eigenvalue weighted by atomic mass is 19.4. The maximum atomic E-state index is 14.1. The van der Waals surface area contributed by atoms with E-state index in [9.17, 15) is 32.0 Å². The van der Waals surface area contributed by atoms with Crippen molar-refractivity contribution in [2.24, 2.45) is 0 Å². The first kappa shape index (κ1) is 20.2. The van der Waals surface area contributed by atoms with Crippen LogP contribution in [0.3, 0.4) is 0 Å². The molecule has 142 valence electrons. The van der Waals surface area contributed by atoms with Crippen LogP contribution in [0.1, 0.15) is 27.0 Å². The standard InChI is InChI=1S/C18H13F5N2O2/c1-9-4-3-5-10(6-9)11-7-13(17(19,20)18(21,22)23)14(16(26)27-2)15(25)12(11)8-24/h3-7H,25H2,1-2H3. The number of nitriles is 1. The van der Waals surface area contributed by atoms with Gasteiger partial charge in [-0.2, -0.15) is 27.2 Å². The summed E-state index contributed by atoms with van der Waals surface area (Å²) in [5, 5.41) is 9.37. The molecule has 0 atom stereocenters. The lowest BCUT2D eigenvalue weighted by Crippen LogP contribution is -2.36. The predicted octanol–water partition coefficient (Wildman–Crippen LogP) is 4.56. The number of nitrogens with two attached hydrogens (primary N) is 1. The molecule has 0 fully saturated rings. The van der Waals surface area contributed by atoms with Gasteiger partial charge in [0.25, 0.3) is 0 Å². The first-order chi connectivity index (χ1) is 12.5. The molecule has 0 bridgehead atoms. The summed E-state index contributed by atoms with van der Waals surface area (Å²) in [5.41, 5.74) is 2.24.